The molecule has 1 N–H and O–H groups in total. The van der Waals surface area contributed by atoms with E-state index in [0.717, 1.165) is 11.4 Å². The fraction of sp³-hybridized carbons (Fsp3) is 0.429. The van der Waals surface area contributed by atoms with Gasteiger partial charge in [0, 0.05) is 12.6 Å². The summed E-state index contributed by atoms with van der Waals surface area (Å²) >= 11 is 0. The van der Waals surface area contributed by atoms with Crippen molar-refractivity contribution in [2.45, 2.75) is 32.8 Å². The van der Waals surface area contributed by atoms with Crippen LogP contribution in [0.2, 0.25) is 0 Å². The third kappa shape index (κ3) is 2.16. The van der Waals surface area contributed by atoms with Gasteiger partial charge in [-0.05, 0) is 11.0 Å². The third-order valence-corrected chi connectivity index (χ3v) is 3.08. The highest BCUT2D eigenvalue weighted by atomic mass is 16.3. The van der Waals surface area contributed by atoms with Crippen LogP contribution in [0.3, 0.4) is 0 Å². The number of aliphatic hydroxyl groups is 1. The Labute approximate surface area is 107 Å². The van der Waals surface area contributed by atoms with Crippen molar-refractivity contribution in [3.63, 3.8) is 0 Å². The highest BCUT2D eigenvalue weighted by Crippen LogP contribution is 2.31. The fourth-order valence-corrected chi connectivity index (χ4v) is 2.07. The minimum absolute atomic E-state index is 0.0436. The second-order valence-electron chi connectivity index (χ2n) is 5.45. The van der Waals surface area contributed by atoms with Crippen LogP contribution in [-0.2, 0) is 19.1 Å². The monoisotopic (exact) mass is 245 g/mol. The Morgan fingerprint density at radius 2 is 1.83 bits per heavy atom. The number of benzene rings is 1. The van der Waals surface area contributed by atoms with E-state index in [4.69, 9.17) is 0 Å². The Bertz CT molecular complexity index is 552. The van der Waals surface area contributed by atoms with Crippen molar-refractivity contribution >= 4 is 0 Å². The molecule has 0 aliphatic carbocycles. The molecule has 2 rings (SSSR count). The molecule has 0 unspecified atom stereocenters. The number of hydrogen-bond acceptors (Lipinski definition) is 3. The first-order valence-corrected chi connectivity index (χ1v) is 6.04. The number of aliphatic hydroxyl groups excluding tert-OH is 1. The molecule has 1 aromatic carbocycles. The average molecular weight is 245 g/mol. The van der Waals surface area contributed by atoms with E-state index in [1.807, 2.05) is 29.8 Å². The molecule has 4 heteroatoms. The van der Waals surface area contributed by atoms with Gasteiger partial charge in [-0.25, -0.2) is 0 Å². The first-order chi connectivity index (χ1) is 8.45. The van der Waals surface area contributed by atoms with Crippen molar-refractivity contribution in [3.8, 4) is 11.4 Å². The lowest BCUT2D eigenvalue weighted by molar-refractivity contribution is 0.267. The van der Waals surface area contributed by atoms with E-state index in [2.05, 4.69) is 37.0 Å². The molecule has 96 valence electrons. The normalized spacial score (nSPS) is 11.8. The van der Waals surface area contributed by atoms with Gasteiger partial charge in [-0.1, -0.05) is 45.0 Å². The van der Waals surface area contributed by atoms with E-state index in [9.17, 15) is 5.11 Å². The zero-order valence-electron chi connectivity index (χ0n) is 11.3. The molecule has 2 aromatic rings. The summed E-state index contributed by atoms with van der Waals surface area (Å²) in [6.07, 6.45) is 0. The van der Waals surface area contributed by atoms with Crippen LogP contribution in [0.5, 0.6) is 0 Å². The first kappa shape index (κ1) is 12.8. The zero-order chi connectivity index (χ0) is 13.3. The topological polar surface area (TPSA) is 50.9 Å². The Morgan fingerprint density at radius 3 is 2.39 bits per heavy atom. The van der Waals surface area contributed by atoms with Crippen molar-refractivity contribution in [1.29, 1.82) is 0 Å². The molecule has 0 amide bonds. The number of aromatic nitrogens is 3. The summed E-state index contributed by atoms with van der Waals surface area (Å²) in [7, 11) is 1.88. The van der Waals surface area contributed by atoms with E-state index >= 15 is 0 Å². The molecule has 0 fully saturated rings. The van der Waals surface area contributed by atoms with Crippen molar-refractivity contribution in [3.05, 3.63) is 35.7 Å². The minimum atomic E-state index is -0.0960. The smallest absolute Gasteiger partial charge is 0.164 e. The zero-order valence-corrected chi connectivity index (χ0v) is 11.3. The summed E-state index contributed by atoms with van der Waals surface area (Å²) < 4.78 is 1.84. The maximum absolute atomic E-state index is 9.18. The molecule has 1 heterocycles. The molecule has 0 radical (unpaired) electrons. The summed E-state index contributed by atoms with van der Waals surface area (Å²) in [5, 5.41) is 17.4. The number of nitrogens with zero attached hydrogens (tertiary/aromatic N) is 3. The maximum atomic E-state index is 9.18. The molecule has 4 nitrogen and oxygen atoms in total. The third-order valence-electron chi connectivity index (χ3n) is 3.08. The molecule has 0 bridgehead atoms. The SMILES string of the molecule is Cn1c(CO)nnc1-c1ccccc1C(C)(C)C. The van der Waals surface area contributed by atoms with E-state index in [-0.39, 0.29) is 12.0 Å². The fourth-order valence-electron chi connectivity index (χ4n) is 2.07. The van der Waals surface area contributed by atoms with Crippen molar-refractivity contribution in [2.24, 2.45) is 7.05 Å². The molecule has 0 spiro atoms. The summed E-state index contributed by atoms with van der Waals surface area (Å²) in [6, 6.07) is 8.19. The van der Waals surface area contributed by atoms with Crippen LogP contribution in [0.15, 0.2) is 24.3 Å². The largest absolute Gasteiger partial charge is 0.388 e. The lowest BCUT2D eigenvalue weighted by atomic mass is 9.83. The molecule has 0 atom stereocenters. The molecule has 0 saturated carbocycles. The standard InChI is InChI=1S/C14H19N3O/c1-14(2,3)11-8-6-5-7-10(11)13-16-15-12(9-18)17(13)4/h5-8,18H,9H2,1-4H3. The highest BCUT2D eigenvalue weighted by molar-refractivity contribution is 5.62. The molecular formula is C14H19N3O. The second-order valence-corrected chi connectivity index (χ2v) is 5.45. The van der Waals surface area contributed by atoms with Gasteiger partial charge >= 0.3 is 0 Å². The Morgan fingerprint density at radius 1 is 1.17 bits per heavy atom. The summed E-state index contributed by atoms with van der Waals surface area (Å²) in [5.41, 5.74) is 2.34. The number of rotatable bonds is 2. The molecule has 0 saturated heterocycles. The van der Waals surface area contributed by atoms with Gasteiger partial charge in [-0.15, -0.1) is 10.2 Å². The van der Waals surface area contributed by atoms with Crippen LogP contribution in [0.25, 0.3) is 11.4 Å². The van der Waals surface area contributed by atoms with E-state index in [0.29, 0.717) is 5.82 Å². The van der Waals surface area contributed by atoms with Crippen LogP contribution >= 0.6 is 0 Å². The van der Waals surface area contributed by atoms with Gasteiger partial charge in [0.2, 0.25) is 0 Å². The van der Waals surface area contributed by atoms with E-state index in [1.165, 1.54) is 5.56 Å². The Hall–Kier alpha value is -1.68. The summed E-state index contributed by atoms with van der Waals surface area (Å²) in [5.74, 6) is 1.37. The van der Waals surface area contributed by atoms with Gasteiger partial charge in [0.25, 0.3) is 0 Å². The maximum Gasteiger partial charge on any atom is 0.164 e. The first-order valence-electron chi connectivity index (χ1n) is 6.04. The van der Waals surface area contributed by atoms with Gasteiger partial charge in [-0.3, -0.25) is 0 Å². The van der Waals surface area contributed by atoms with Crippen LogP contribution in [0.1, 0.15) is 32.2 Å². The Balaban J connectivity index is 2.61. The molecule has 0 aliphatic rings. The van der Waals surface area contributed by atoms with Crippen LogP contribution in [-0.4, -0.2) is 19.9 Å². The van der Waals surface area contributed by atoms with Gasteiger partial charge < -0.3 is 9.67 Å². The van der Waals surface area contributed by atoms with Crippen LogP contribution < -0.4 is 0 Å². The predicted octanol–water partition coefficient (Wildman–Crippen LogP) is 2.27. The average Bonchev–Trinajstić information content (AvgIpc) is 2.69. The lowest BCUT2D eigenvalue weighted by Crippen LogP contribution is -2.13. The quantitative estimate of drug-likeness (QED) is 0.883. The van der Waals surface area contributed by atoms with Crippen LogP contribution in [0.4, 0.5) is 0 Å². The molecule has 0 aliphatic heterocycles. The number of hydrogen-bond donors (Lipinski definition) is 1. The van der Waals surface area contributed by atoms with Gasteiger partial charge in [0.1, 0.15) is 6.61 Å². The van der Waals surface area contributed by atoms with Gasteiger partial charge in [-0.2, -0.15) is 0 Å². The van der Waals surface area contributed by atoms with E-state index in [1.54, 1.807) is 0 Å². The van der Waals surface area contributed by atoms with Gasteiger partial charge in [0.05, 0.1) is 0 Å². The molecule has 18 heavy (non-hydrogen) atoms. The predicted molar refractivity (Wildman–Crippen MR) is 71.1 cm³/mol. The highest BCUT2D eigenvalue weighted by Gasteiger charge is 2.21. The minimum Gasteiger partial charge on any atom is -0.388 e. The lowest BCUT2D eigenvalue weighted by Gasteiger charge is -2.22. The van der Waals surface area contributed by atoms with Crippen molar-refractivity contribution in [2.75, 3.05) is 0 Å². The Kier molecular flexibility index (Phi) is 3.22. The van der Waals surface area contributed by atoms with Crippen molar-refractivity contribution < 1.29 is 5.11 Å². The second kappa shape index (κ2) is 4.53. The van der Waals surface area contributed by atoms with Gasteiger partial charge in [0.15, 0.2) is 11.6 Å². The van der Waals surface area contributed by atoms with Crippen molar-refractivity contribution in [1.82, 2.24) is 14.8 Å². The summed E-state index contributed by atoms with van der Waals surface area (Å²) in [6.45, 7) is 6.43. The molecular weight excluding hydrogens is 226 g/mol. The summed E-state index contributed by atoms with van der Waals surface area (Å²) in [4.78, 5) is 0. The molecule has 1 aromatic heterocycles. The van der Waals surface area contributed by atoms with Crippen LogP contribution in [0, 0.1) is 0 Å². The van der Waals surface area contributed by atoms with E-state index < -0.39 is 0 Å².